The van der Waals surface area contributed by atoms with Crippen LogP contribution in [0.2, 0.25) is 0 Å². The van der Waals surface area contributed by atoms with Gasteiger partial charge in [0.25, 0.3) is 0 Å². The minimum Gasteiger partial charge on any atom is -0.497 e. The number of thioether (sulfide) groups is 1. The molecule has 0 saturated heterocycles. The zero-order valence-electron chi connectivity index (χ0n) is 18.3. The molecule has 31 heavy (non-hydrogen) atoms. The molecule has 1 aliphatic heterocycles. The van der Waals surface area contributed by atoms with Crippen LogP contribution in [0.5, 0.6) is 5.75 Å². The molecular formula is C23H30N2O4S2. The van der Waals surface area contributed by atoms with Crippen molar-refractivity contribution in [2.24, 2.45) is 0 Å². The second kappa shape index (κ2) is 10.5. The number of anilines is 1. The number of benzene rings is 2. The second-order valence-corrected chi connectivity index (χ2v) is 10.4. The van der Waals surface area contributed by atoms with E-state index >= 15 is 0 Å². The molecule has 0 fully saturated rings. The molecule has 2 aromatic rings. The van der Waals surface area contributed by atoms with Gasteiger partial charge in [0.15, 0.2) is 0 Å². The number of hydrogen-bond acceptors (Lipinski definition) is 5. The summed E-state index contributed by atoms with van der Waals surface area (Å²) in [6.45, 7) is 5.22. The maximum atomic E-state index is 12.9. The summed E-state index contributed by atoms with van der Waals surface area (Å²) in [5.41, 5.74) is 1.76. The Balaban J connectivity index is 1.68. The quantitative estimate of drug-likeness (QED) is 0.523. The van der Waals surface area contributed by atoms with Crippen molar-refractivity contribution in [1.29, 1.82) is 0 Å². The van der Waals surface area contributed by atoms with Crippen LogP contribution in [0.4, 0.5) is 5.69 Å². The van der Waals surface area contributed by atoms with Crippen LogP contribution in [-0.2, 0) is 21.2 Å². The fraction of sp³-hybridized carbons (Fsp3) is 0.435. The molecule has 1 aliphatic rings. The zero-order valence-corrected chi connectivity index (χ0v) is 20.0. The molecule has 168 valence electrons. The van der Waals surface area contributed by atoms with Gasteiger partial charge in [0, 0.05) is 42.4 Å². The number of carbonyl (C=O) groups excluding carboxylic acids is 1. The standard InChI is InChI=1S/C23H30N2O4S2/c1-4-24(5-2)31(27,28)21-12-13-22-18(17-21)7-6-15-25(22)23(26)14-16-30-20-10-8-19(29-3)9-11-20/h8-13,17H,4-7,14-16H2,1-3H3. The van der Waals surface area contributed by atoms with Gasteiger partial charge in [0.2, 0.25) is 15.9 Å². The van der Waals surface area contributed by atoms with E-state index in [-0.39, 0.29) is 5.91 Å². The Morgan fingerprint density at radius 3 is 2.48 bits per heavy atom. The molecule has 1 amide bonds. The van der Waals surface area contributed by atoms with Crippen molar-refractivity contribution in [3.8, 4) is 5.75 Å². The maximum Gasteiger partial charge on any atom is 0.243 e. The minimum absolute atomic E-state index is 0.0707. The van der Waals surface area contributed by atoms with Crippen LogP contribution in [0.25, 0.3) is 0 Å². The van der Waals surface area contributed by atoms with Crippen molar-refractivity contribution < 1.29 is 17.9 Å². The summed E-state index contributed by atoms with van der Waals surface area (Å²) >= 11 is 1.64. The molecule has 3 rings (SSSR count). The average Bonchev–Trinajstić information content (AvgIpc) is 2.79. The lowest BCUT2D eigenvalue weighted by molar-refractivity contribution is -0.118. The highest BCUT2D eigenvalue weighted by Gasteiger charge is 2.26. The van der Waals surface area contributed by atoms with Crippen molar-refractivity contribution >= 4 is 33.4 Å². The number of aryl methyl sites for hydroxylation is 1. The Morgan fingerprint density at radius 2 is 1.84 bits per heavy atom. The van der Waals surface area contributed by atoms with E-state index in [1.54, 1.807) is 42.0 Å². The first kappa shape index (κ1) is 23.6. The van der Waals surface area contributed by atoms with Crippen LogP contribution in [-0.4, -0.2) is 51.1 Å². The number of nitrogens with zero attached hydrogens (tertiary/aromatic N) is 2. The number of fused-ring (bicyclic) bond motifs is 1. The van der Waals surface area contributed by atoms with Crippen LogP contribution in [0, 0.1) is 0 Å². The number of rotatable bonds is 9. The van der Waals surface area contributed by atoms with Crippen LogP contribution >= 0.6 is 11.8 Å². The minimum atomic E-state index is -3.50. The summed E-state index contributed by atoms with van der Waals surface area (Å²) in [5, 5.41) is 0. The molecule has 1 heterocycles. The molecule has 0 radical (unpaired) electrons. The lowest BCUT2D eigenvalue weighted by atomic mass is 10.0. The van der Waals surface area contributed by atoms with Gasteiger partial charge in [-0.05, 0) is 60.9 Å². The summed E-state index contributed by atoms with van der Waals surface area (Å²) in [5.74, 6) is 1.57. The molecule has 0 saturated carbocycles. The summed E-state index contributed by atoms with van der Waals surface area (Å²) in [7, 11) is -1.87. The molecule has 0 aromatic heterocycles. The van der Waals surface area contributed by atoms with Crippen LogP contribution < -0.4 is 9.64 Å². The van der Waals surface area contributed by atoms with Gasteiger partial charge in [-0.1, -0.05) is 13.8 Å². The topological polar surface area (TPSA) is 66.9 Å². The van der Waals surface area contributed by atoms with Crippen molar-refractivity contribution in [2.45, 2.75) is 42.9 Å². The van der Waals surface area contributed by atoms with E-state index in [0.29, 0.717) is 36.7 Å². The number of sulfonamides is 1. The molecule has 0 spiro atoms. The monoisotopic (exact) mass is 462 g/mol. The number of methoxy groups -OCH3 is 1. The van der Waals surface area contributed by atoms with Gasteiger partial charge < -0.3 is 9.64 Å². The van der Waals surface area contributed by atoms with Crippen molar-refractivity contribution in [3.63, 3.8) is 0 Å². The third-order valence-electron chi connectivity index (χ3n) is 5.46. The largest absolute Gasteiger partial charge is 0.497 e. The lowest BCUT2D eigenvalue weighted by Crippen LogP contribution is -2.36. The fourth-order valence-corrected chi connectivity index (χ4v) is 6.12. The Morgan fingerprint density at radius 1 is 1.13 bits per heavy atom. The van der Waals surface area contributed by atoms with E-state index in [4.69, 9.17) is 4.74 Å². The Hall–Kier alpha value is -2.03. The fourth-order valence-electron chi connectivity index (χ4n) is 3.77. The van der Waals surface area contributed by atoms with Gasteiger partial charge in [-0.25, -0.2) is 8.42 Å². The predicted molar refractivity (Wildman–Crippen MR) is 126 cm³/mol. The van der Waals surface area contributed by atoms with E-state index in [9.17, 15) is 13.2 Å². The molecule has 0 atom stereocenters. The van der Waals surface area contributed by atoms with Gasteiger partial charge in [-0.15, -0.1) is 11.8 Å². The number of ether oxygens (including phenoxy) is 1. The van der Waals surface area contributed by atoms with Gasteiger partial charge in [-0.3, -0.25) is 4.79 Å². The van der Waals surface area contributed by atoms with E-state index < -0.39 is 10.0 Å². The number of carbonyl (C=O) groups is 1. The Labute approximate surface area is 189 Å². The SMILES string of the molecule is CCN(CC)S(=O)(=O)c1ccc2c(c1)CCCN2C(=O)CCSc1ccc(OC)cc1. The normalized spacial score (nSPS) is 13.9. The molecule has 6 nitrogen and oxygen atoms in total. The highest BCUT2D eigenvalue weighted by molar-refractivity contribution is 7.99. The highest BCUT2D eigenvalue weighted by Crippen LogP contribution is 2.31. The van der Waals surface area contributed by atoms with Crippen molar-refractivity contribution in [1.82, 2.24) is 4.31 Å². The smallest absolute Gasteiger partial charge is 0.243 e. The zero-order chi connectivity index (χ0) is 22.4. The predicted octanol–water partition coefficient (Wildman–Crippen LogP) is 4.19. The summed E-state index contributed by atoms with van der Waals surface area (Å²) in [4.78, 5) is 16.1. The third kappa shape index (κ3) is 5.42. The van der Waals surface area contributed by atoms with E-state index in [0.717, 1.165) is 34.7 Å². The summed E-state index contributed by atoms with van der Waals surface area (Å²) in [6, 6.07) is 13.0. The van der Waals surface area contributed by atoms with Crippen LogP contribution in [0.15, 0.2) is 52.3 Å². The second-order valence-electron chi connectivity index (χ2n) is 7.30. The first-order valence-corrected chi connectivity index (χ1v) is 13.0. The number of amides is 1. The summed E-state index contributed by atoms with van der Waals surface area (Å²) in [6.07, 6.45) is 2.04. The first-order valence-electron chi connectivity index (χ1n) is 10.6. The molecule has 0 unspecified atom stereocenters. The van der Waals surface area contributed by atoms with Crippen molar-refractivity contribution in [3.05, 3.63) is 48.0 Å². The van der Waals surface area contributed by atoms with E-state index in [2.05, 4.69) is 0 Å². The maximum absolute atomic E-state index is 12.9. The Kier molecular flexibility index (Phi) is 8.02. The highest BCUT2D eigenvalue weighted by atomic mass is 32.2. The third-order valence-corrected chi connectivity index (χ3v) is 8.52. The molecule has 0 N–H and O–H groups in total. The van der Waals surface area contributed by atoms with Crippen LogP contribution in [0.3, 0.4) is 0 Å². The van der Waals surface area contributed by atoms with Gasteiger partial charge in [0.1, 0.15) is 5.75 Å². The average molecular weight is 463 g/mol. The van der Waals surface area contributed by atoms with Crippen molar-refractivity contribution in [2.75, 3.05) is 37.4 Å². The van der Waals surface area contributed by atoms with Gasteiger partial charge in [-0.2, -0.15) is 4.31 Å². The summed E-state index contributed by atoms with van der Waals surface area (Å²) < 4.78 is 32.3. The van der Waals surface area contributed by atoms with E-state index in [1.807, 2.05) is 38.1 Å². The van der Waals surface area contributed by atoms with Gasteiger partial charge in [0.05, 0.1) is 12.0 Å². The van der Waals surface area contributed by atoms with Crippen LogP contribution in [0.1, 0.15) is 32.3 Å². The number of hydrogen-bond donors (Lipinski definition) is 0. The molecule has 8 heteroatoms. The molecule has 2 aromatic carbocycles. The van der Waals surface area contributed by atoms with Gasteiger partial charge >= 0.3 is 0 Å². The van der Waals surface area contributed by atoms with E-state index in [1.165, 1.54) is 4.31 Å². The molecule has 0 aliphatic carbocycles. The molecule has 0 bridgehead atoms. The Bertz CT molecular complexity index is 1000. The first-order chi connectivity index (χ1) is 14.9. The lowest BCUT2D eigenvalue weighted by Gasteiger charge is -2.30. The molecular weight excluding hydrogens is 432 g/mol.